The minimum atomic E-state index is -6.00. The van der Waals surface area contributed by atoms with Crippen LogP contribution in [0.5, 0.6) is 0 Å². The minimum Gasteiger partial charge on any atom is -0.418 e. The van der Waals surface area contributed by atoms with Gasteiger partial charge in [0.15, 0.2) is 0 Å². The first kappa shape index (κ1) is 16.7. The molecule has 104 valence electrons. The van der Waals surface area contributed by atoms with Crippen LogP contribution < -0.4 is 4.57 Å². The molecule has 0 amide bonds. The first-order valence-electron chi connectivity index (χ1n) is 5.10. The van der Waals surface area contributed by atoms with E-state index in [1.807, 2.05) is 10.8 Å². The molecule has 1 unspecified atom stereocenters. The van der Waals surface area contributed by atoms with E-state index in [2.05, 4.69) is 11.6 Å². The Balaban J connectivity index is 0.000000494. The highest BCUT2D eigenvalue weighted by molar-refractivity contribution is 6.50. The lowest BCUT2D eigenvalue weighted by molar-refractivity contribution is -0.693. The van der Waals surface area contributed by atoms with Gasteiger partial charge in [-0.05, 0) is 0 Å². The molecule has 0 fully saturated rings. The molecule has 3 N–H and O–H groups in total. The van der Waals surface area contributed by atoms with Crippen LogP contribution in [0.3, 0.4) is 0 Å². The molecule has 0 radical (unpaired) electrons. The molecule has 1 aromatic heterocycles. The Bertz CT molecular complexity index is 351. The van der Waals surface area contributed by atoms with E-state index in [0.29, 0.717) is 13.0 Å². The Kier molecular flexibility index (Phi) is 7.29. The van der Waals surface area contributed by atoms with Crippen LogP contribution in [-0.2, 0) is 13.0 Å². The molecule has 1 atom stereocenters. The number of aliphatic hydroxyl groups is 2. The van der Waals surface area contributed by atoms with Crippen molar-refractivity contribution in [3.63, 3.8) is 0 Å². The SMILES string of the molecule is C=CC[n+]1cc[nH]c1CC(O)CO.F[B-](F)(F)F. The molecule has 0 aliphatic rings. The normalized spacial score (nSPS) is 12.6. The largest absolute Gasteiger partial charge is 0.673 e. The van der Waals surface area contributed by atoms with Crippen LogP contribution in [0.15, 0.2) is 25.0 Å². The molecule has 4 nitrogen and oxygen atoms in total. The minimum absolute atomic E-state index is 0.215. The molecule has 1 heterocycles. The van der Waals surface area contributed by atoms with Crippen LogP contribution in [0.1, 0.15) is 5.82 Å². The van der Waals surface area contributed by atoms with Crippen LogP contribution >= 0.6 is 0 Å². The molecule has 0 bridgehead atoms. The third kappa shape index (κ3) is 8.77. The standard InChI is InChI=1S/C9H14N2O2.BF4/c1-2-4-11-5-3-10-9(11)6-8(13)7-12;2-1(3,4)5/h2-3,5,8,12-13H,1,4,6-7H2;/q;-1/p+1. The summed E-state index contributed by atoms with van der Waals surface area (Å²) >= 11 is 0. The molecule has 0 saturated carbocycles. The van der Waals surface area contributed by atoms with Crippen molar-refractivity contribution in [3.8, 4) is 0 Å². The predicted octanol–water partition coefficient (Wildman–Crippen LogP) is 0.684. The van der Waals surface area contributed by atoms with Gasteiger partial charge in [-0.3, -0.25) is 0 Å². The number of allylic oxidation sites excluding steroid dienone is 1. The van der Waals surface area contributed by atoms with Crippen molar-refractivity contribution in [2.24, 2.45) is 0 Å². The van der Waals surface area contributed by atoms with E-state index < -0.39 is 13.4 Å². The van der Waals surface area contributed by atoms with Gasteiger partial charge in [-0.2, -0.15) is 0 Å². The molecule has 18 heavy (non-hydrogen) atoms. The van der Waals surface area contributed by atoms with Gasteiger partial charge in [0.05, 0.1) is 19.1 Å². The van der Waals surface area contributed by atoms with Crippen molar-refractivity contribution in [1.82, 2.24) is 4.98 Å². The maximum atomic E-state index is 9.75. The Morgan fingerprint density at radius 3 is 2.44 bits per heavy atom. The van der Waals surface area contributed by atoms with Crippen molar-refractivity contribution < 1.29 is 32.0 Å². The second-order valence-corrected chi connectivity index (χ2v) is 3.38. The lowest BCUT2D eigenvalue weighted by Crippen LogP contribution is -2.37. The summed E-state index contributed by atoms with van der Waals surface area (Å²) in [5, 5.41) is 17.9. The summed E-state index contributed by atoms with van der Waals surface area (Å²) in [6.45, 7) is 4.12. The molecule has 0 aliphatic carbocycles. The fourth-order valence-corrected chi connectivity index (χ4v) is 1.17. The molecule has 0 spiro atoms. The third-order valence-corrected chi connectivity index (χ3v) is 1.82. The van der Waals surface area contributed by atoms with E-state index in [4.69, 9.17) is 5.11 Å². The van der Waals surface area contributed by atoms with Gasteiger partial charge in [0.25, 0.3) is 5.82 Å². The van der Waals surface area contributed by atoms with E-state index in [-0.39, 0.29) is 6.61 Å². The number of nitrogens with one attached hydrogen (secondary N) is 1. The van der Waals surface area contributed by atoms with Gasteiger partial charge in [0.2, 0.25) is 0 Å². The first-order chi connectivity index (χ1) is 8.27. The summed E-state index contributed by atoms with van der Waals surface area (Å²) in [7, 11) is -6.00. The number of H-pyrrole nitrogens is 1. The molecule has 0 aromatic carbocycles. The van der Waals surface area contributed by atoms with Crippen molar-refractivity contribution >= 4 is 7.25 Å². The maximum absolute atomic E-state index is 9.75. The fraction of sp³-hybridized carbons (Fsp3) is 0.444. The quantitative estimate of drug-likeness (QED) is 0.319. The molecule has 1 aromatic rings. The van der Waals surface area contributed by atoms with Crippen LogP contribution in [-0.4, -0.2) is 35.2 Å². The first-order valence-corrected chi connectivity index (χ1v) is 5.10. The maximum Gasteiger partial charge on any atom is 0.673 e. The highest BCUT2D eigenvalue weighted by Crippen LogP contribution is 2.06. The number of rotatable bonds is 5. The smallest absolute Gasteiger partial charge is 0.418 e. The monoisotopic (exact) mass is 270 g/mol. The van der Waals surface area contributed by atoms with Crippen LogP contribution in [0.2, 0.25) is 0 Å². The topological polar surface area (TPSA) is 60.1 Å². The summed E-state index contributed by atoms with van der Waals surface area (Å²) < 4.78 is 40.9. The number of aromatic nitrogens is 2. The van der Waals surface area contributed by atoms with Crippen LogP contribution in [0.4, 0.5) is 17.3 Å². The zero-order valence-electron chi connectivity index (χ0n) is 9.57. The van der Waals surface area contributed by atoms with Gasteiger partial charge < -0.3 is 27.5 Å². The highest BCUT2D eigenvalue weighted by Gasteiger charge is 2.20. The van der Waals surface area contributed by atoms with E-state index in [9.17, 15) is 22.4 Å². The summed E-state index contributed by atoms with van der Waals surface area (Å²) in [6, 6.07) is 0. The van der Waals surface area contributed by atoms with Gasteiger partial charge in [-0.1, -0.05) is 12.7 Å². The van der Waals surface area contributed by atoms with Crippen molar-refractivity contribution in [2.45, 2.75) is 19.1 Å². The number of imidazole rings is 1. The van der Waals surface area contributed by atoms with Gasteiger partial charge in [-0.15, -0.1) is 0 Å². The van der Waals surface area contributed by atoms with Gasteiger partial charge in [0.1, 0.15) is 18.9 Å². The third-order valence-electron chi connectivity index (χ3n) is 1.82. The predicted molar refractivity (Wildman–Crippen MR) is 58.2 cm³/mol. The Morgan fingerprint density at radius 1 is 1.44 bits per heavy atom. The molecule has 9 heteroatoms. The van der Waals surface area contributed by atoms with Gasteiger partial charge in [0, 0.05) is 0 Å². The number of nitrogens with zero attached hydrogens (tertiary/aromatic N) is 1. The molecule has 0 aliphatic heterocycles. The summed E-state index contributed by atoms with van der Waals surface area (Å²) in [4.78, 5) is 3.00. The Hall–Kier alpha value is -1.35. The van der Waals surface area contributed by atoms with Gasteiger partial charge in [-0.25, -0.2) is 9.55 Å². The fourth-order valence-electron chi connectivity index (χ4n) is 1.17. The van der Waals surface area contributed by atoms with Crippen LogP contribution in [0.25, 0.3) is 0 Å². The molecule has 0 saturated heterocycles. The Morgan fingerprint density at radius 2 is 2.00 bits per heavy atom. The van der Waals surface area contributed by atoms with Crippen molar-refractivity contribution in [3.05, 3.63) is 30.9 Å². The zero-order valence-corrected chi connectivity index (χ0v) is 9.57. The van der Waals surface area contributed by atoms with Crippen molar-refractivity contribution in [2.75, 3.05) is 6.61 Å². The molecular formula is C9H15BF4N2O2. The summed E-state index contributed by atoms with van der Waals surface area (Å²) in [5.41, 5.74) is 0. The van der Waals surface area contributed by atoms with Crippen LogP contribution in [0, 0.1) is 0 Å². The average molecular weight is 270 g/mol. The zero-order chi connectivity index (χ0) is 14.2. The summed E-state index contributed by atoms with van der Waals surface area (Å²) in [6.07, 6.45) is 5.18. The number of aliphatic hydroxyl groups excluding tert-OH is 2. The van der Waals surface area contributed by atoms with E-state index in [1.165, 1.54) is 0 Å². The Labute approximate surface area is 102 Å². The molecular weight excluding hydrogens is 255 g/mol. The average Bonchev–Trinajstić information content (AvgIpc) is 2.64. The van der Waals surface area contributed by atoms with E-state index in [1.54, 1.807) is 12.3 Å². The number of aromatic amines is 1. The van der Waals surface area contributed by atoms with Gasteiger partial charge >= 0.3 is 7.25 Å². The molecule has 1 rings (SSSR count). The lowest BCUT2D eigenvalue weighted by atomic mass is 10.2. The number of hydrogen-bond acceptors (Lipinski definition) is 2. The lowest BCUT2D eigenvalue weighted by Gasteiger charge is -2.03. The second-order valence-electron chi connectivity index (χ2n) is 3.38. The number of halogens is 4. The summed E-state index contributed by atoms with van der Waals surface area (Å²) in [5.74, 6) is 0.890. The second kappa shape index (κ2) is 7.88. The highest BCUT2D eigenvalue weighted by atomic mass is 19.5. The van der Waals surface area contributed by atoms with Crippen molar-refractivity contribution in [1.29, 1.82) is 0 Å². The van der Waals surface area contributed by atoms with E-state index in [0.717, 1.165) is 5.82 Å². The number of hydrogen-bond donors (Lipinski definition) is 3. The van der Waals surface area contributed by atoms with E-state index >= 15 is 0 Å².